The molecule has 0 aliphatic heterocycles. The maximum atomic E-state index is 11.9. The van der Waals surface area contributed by atoms with Gasteiger partial charge >= 0.3 is 11.9 Å². The lowest BCUT2D eigenvalue weighted by molar-refractivity contribution is -0.134. The van der Waals surface area contributed by atoms with Gasteiger partial charge in [-0.3, -0.25) is 4.79 Å². The van der Waals surface area contributed by atoms with E-state index >= 15 is 0 Å². The Morgan fingerprint density at radius 2 is 1.47 bits per heavy atom. The normalized spacial score (nSPS) is 15.0. The van der Waals surface area contributed by atoms with Gasteiger partial charge in [0.25, 0.3) is 0 Å². The zero-order valence-corrected chi connectivity index (χ0v) is 16.7. The minimum absolute atomic E-state index is 0.259. The van der Waals surface area contributed by atoms with Crippen molar-refractivity contribution in [3.8, 4) is 5.75 Å². The molecule has 2 aromatic rings. The predicted octanol–water partition coefficient (Wildman–Crippen LogP) is 3.97. The minimum atomic E-state index is -1.34. The van der Waals surface area contributed by atoms with Crippen molar-refractivity contribution in [1.82, 2.24) is 0 Å². The van der Waals surface area contributed by atoms with E-state index in [0.717, 1.165) is 16.7 Å². The van der Waals surface area contributed by atoms with Gasteiger partial charge in [-0.25, -0.2) is 9.59 Å². The number of ketones is 1. The number of hydrogen-bond acceptors (Lipinski definition) is 4. The van der Waals surface area contributed by atoms with Crippen molar-refractivity contribution < 1.29 is 29.7 Å². The zero-order valence-electron chi connectivity index (χ0n) is 16.7. The van der Waals surface area contributed by atoms with E-state index in [1.165, 1.54) is 24.3 Å². The fraction of sp³-hybridized carbons (Fsp3) is 0.125. The molecule has 3 rings (SSSR count). The second-order valence-corrected chi connectivity index (χ2v) is 7.18. The molecule has 1 aliphatic rings. The molecule has 1 aliphatic carbocycles. The van der Waals surface area contributed by atoms with Crippen LogP contribution in [-0.4, -0.2) is 33.0 Å². The van der Waals surface area contributed by atoms with Crippen LogP contribution in [0.5, 0.6) is 5.75 Å². The molecule has 6 heteroatoms. The number of allylic oxidation sites excluding steroid dienone is 4. The number of carbonyl (C=O) groups is 3. The Morgan fingerprint density at radius 3 is 2.07 bits per heavy atom. The van der Waals surface area contributed by atoms with Gasteiger partial charge in [0.05, 0.1) is 0 Å². The van der Waals surface area contributed by atoms with Gasteiger partial charge < -0.3 is 15.3 Å². The summed E-state index contributed by atoms with van der Waals surface area (Å²) in [5, 5.41) is 29.0. The summed E-state index contributed by atoms with van der Waals surface area (Å²) >= 11 is 0. The molecule has 0 bridgehead atoms. The molecule has 152 valence electrons. The van der Waals surface area contributed by atoms with Gasteiger partial charge in [-0.1, -0.05) is 24.3 Å². The van der Waals surface area contributed by atoms with E-state index in [1.54, 1.807) is 13.0 Å². The van der Waals surface area contributed by atoms with Gasteiger partial charge in [-0.2, -0.15) is 0 Å². The van der Waals surface area contributed by atoms with Crippen LogP contribution in [0.2, 0.25) is 0 Å². The van der Waals surface area contributed by atoms with E-state index in [-0.39, 0.29) is 16.9 Å². The van der Waals surface area contributed by atoms with Crippen LogP contribution in [0.1, 0.15) is 38.2 Å². The third-order valence-electron chi connectivity index (χ3n) is 5.11. The van der Waals surface area contributed by atoms with Gasteiger partial charge in [-0.15, -0.1) is 0 Å². The first-order valence-electron chi connectivity index (χ1n) is 9.16. The number of benzene rings is 2. The molecule has 0 heterocycles. The minimum Gasteiger partial charge on any atom is -0.507 e. The van der Waals surface area contributed by atoms with Crippen LogP contribution in [0.3, 0.4) is 0 Å². The van der Waals surface area contributed by atoms with Gasteiger partial charge in [0, 0.05) is 0 Å². The first-order valence-corrected chi connectivity index (χ1v) is 9.16. The summed E-state index contributed by atoms with van der Waals surface area (Å²) in [5.41, 5.74) is 4.03. The van der Waals surface area contributed by atoms with Gasteiger partial charge in [0.2, 0.25) is 0 Å². The van der Waals surface area contributed by atoms with Crippen molar-refractivity contribution in [3.63, 3.8) is 0 Å². The summed E-state index contributed by atoms with van der Waals surface area (Å²) in [7, 11) is 0. The van der Waals surface area contributed by atoms with E-state index in [9.17, 15) is 29.7 Å². The molecule has 0 saturated heterocycles. The molecule has 0 atom stereocenters. The molecule has 0 saturated carbocycles. The average molecular weight is 404 g/mol. The molecule has 0 aromatic heterocycles. The highest BCUT2D eigenvalue weighted by atomic mass is 16.4. The topological polar surface area (TPSA) is 112 Å². The van der Waals surface area contributed by atoms with Gasteiger partial charge in [-0.05, 0) is 84.0 Å². The van der Waals surface area contributed by atoms with Crippen LogP contribution in [0.25, 0.3) is 5.57 Å². The Hall–Kier alpha value is -3.93. The van der Waals surface area contributed by atoms with Crippen molar-refractivity contribution in [3.05, 3.63) is 93.1 Å². The second kappa shape index (κ2) is 7.83. The highest BCUT2D eigenvalue weighted by Gasteiger charge is 2.22. The second-order valence-electron chi connectivity index (χ2n) is 7.18. The quantitative estimate of drug-likeness (QED) is 0.665. The van der Waals surface area contributed by atoms with E-state index in [1.807, 2.05) is 32.0 Å². The van der Waals surface area contributed by atoms with Gasteiger partial charge in [0.15, 0.2) is 5.78 Å². The summed E-state index contributed by atoms with van der Waals surface area (Å²) in [6.45, 7) is 5.48. The summed E-state index contributed by atoms with van der Waals surface area (Å²) < 4.78 is 0. The molecule has 0 unspecified atom stereocenters. The van der Waals surface area contributed by atoms with Crippen LogP contribution in [-0.2, 0) is 9.59 Å². The molecule has 0 spiro atoms. The Morgan fingerprint density at radius 1 is 0.800 bits per heavy atom. The number of aliphatic carboxylic acids is 1. The van der Waals surface area contributed by atoms with Crippen molar-refractivity contribution in [2.24, 2.45) is 0 Å². The number of rotatable bonds is 4. The first kappa shape index (κ1) is 20.8. The maximum absolute atomic E-state index is 11.9. The molecule has 30 heavy (non-hydrogen) atoms. The summed E-state index contributed by atoms with van der Waals surface area (Å²) in [6.07, 6.45) is 3.99. The van der Waals surface area contributed by atoms with Gasteiger partial charge in [0.1, 0.15) is 16.9 Å². The number of aromatic hydroxyl groups is 1. The fourth-order valence-electron chi connectivity index (χ4n) is 3.34. The maximum Gasteiger partial charge on any atom is 0.339 e. The van der Waals surface area contributed by atoms with E-state index < -0.39 is 17.7 Å². The Kier molecular flexibility index (Phi) is 5.43. The lowest BCUT2D eigenvalue weighted by Crippen LogP contribution is -2.13. The van der Waals surface area contributed by atoms with Crippen LogP contribution in [0.4, 0.5) is 0 Å². The number of aryl methyl sites for hydroxylation is 3. The zero-order chi connectivity index (χ0) is 22.2. The first-order chi connectivity index (χ1) is 14.1. The number of phenols is 1. The third-order valence-corrected chi connectivity index (χ3v) is 5.11. The Balaban J connectivity index is 2.39. The van der Waals surface area contributed by atoms with Crippen molar-refractivity contribution in [2.45, 2.75) is 20.8 Å². The van der Waals surface area contributed by atoms with Crippen LogP contribution < -0.4 is 0 Å². The lowest BCUT2D eigenvalue weighted by Gasteiger charge is -2.17. The largest absolute Gasteiger partial charge is 0.507 e. The number of carboxylic acids is 2. The molecular formula is C24H20O6. The van der Waals surface area contributed by atoms with Crippen LogP contribution in [0.15, 0.2) is 59.7 Å². The Bertz CT molecular complexity index is 1190. The standard InChI is InChI=1S/C24H20O6/c1-12-4-5-15(8-13(12)2)21(16-6-7-20(25)18(10-16)23(27)28)17-9-14(3)22(26)19(11-17)24(29)30/h4-11,26H,1-3H3,(H,27,28)(H,29,30)/b21-16-. The lowest BCUT2D eigenvalue weighted by atomic mass is 9.86. The van der Waals surface area contributed by atoms with E-state index in [2.05, 4.69) is 0 Å². The fourth-order valence-corrected chi connectivity index (χ4v) is 3.34. The highest BCUT2D eigenvalue weighted by Crippen LogP contribution is 2.35. The average Bonchev–Trinajstić information content (AvgIpc) is 2.68. The summed E-state index contributed by atoms with van der Waals surface area (Å²) in [6, 6.07) is 8.67. The molecule has 0 fully saturated rings. The molecular weight excluding hydrogens is 384 g/mol. The Labute approximate surface area is 173 Å². The summed E-state index contributed by atoms with van der Waals surface area (Å²) in [4.78, 5) is 35.1. The van der Waals surface area contributed by atoms with E-state index in [4.69, 9.17) is 0 Å². The van der Waals surface area contributed by atoms with Crippen molar-refractivity contribution in [1.29, 1.82) is 0 Å². The monoisotopic (exact) mass is 404 g/mol. The number of aromatic carboxylic acids is 1. The molecule has 3 N–H and O–H groups in total. The van der Waals surface area contributed by atoms with E-state index in [0.29, 0.717) is 22.3 Å². The summed E-state index contributed by atoms with van der Waals surface area (Å²) in [5.74, 6) is -3.56. The number of carboxylic acid groups (broad SMARTS) is 2. The molecule has 0 radical (unpaired) electrons. The SMILES string of the molecule is Cc1ccc(/C(=C2\C=CC(=O)C(C(=O)O)=C2)c2cc(C)c(O)c(C(=O)O)c2)cc1C. The molecule has 6 nitrogen and oxygen atoms in total. The van der Waals surface area contributed by atoms with Crippen LogP contribution >= 0.6 is 0 Å². The highest BCUT2D eigenvalue weighted by molar-refractivity contribution is 6.23. The third kappa shape index (κ3) is 3.80. The van der Waals surface area contributed by atoms with Crippen LogP contribution in [0, 0.1) is 20.8 Å². The number of carbonyl (C=O) groups excluding carboxylic acids is 1. The molecule has 0 amide bonds. The number of hydrogen-bond donors (Lipinski definition) is 3. The van der Waals surface area contributed by atoms with Crippen molar-refractivity contribution >= 4 is 23.3 Å². The van der Waals surface area contributed by atoms with Crippen molar-refractivity contribution in [2.75, 3.05) is 0 Å². The molecule has 2 aromatic carbocycles. The smallest absolute Gasteiger partial charge is 0.339 e. The predicted molar refractivity (Wildman–Crippen MR) is 112 cm³/mol.